The van der Waals surface area contributed by atoms with Gasteiger partial charge in [0.25, 0.3) is 5.56 Å². The van der Waals surface area contributed by atoms with Crippen LogP contribution in [-0.4, -0.2) is 22.6 Å². The summed E-state index contributed by atoms with van der Waals surface area (Å²) in [6.45, 7) is 7.58. The van der Waals surface area contributed by atoms with Gasteiger partial charge in [0.15, 0.2) is 5.82 Å². The first-order valence-electron chi connectivity index (χ1n) is 7.11. The summed E-state index contributed by atoms with van der Waals surface area (Å²) < 4.78 is 1.69. The van der Waals surface area contributed by atoms with Crippen molar-refractivity contribution in [1.82, 2.24) is 9.55 Å². The molecule has 0 amide bonds. The number of nitrogens with one attached hydrogen (secondary N) is 1. The van der Waals surface area contributed by atoms with E-state index in [1.807, 2.05) is 13.8 Å². The molecule has 0 spiro atoms. The van der Waals surface area contributed by atoms with Crippen molar-refractivity contribution in [3.63, 3.8) is 0 Å². The average molecular weight is 266 g/mol. The van der Waals surface area contributed by atoms with Crippen LogP contribution in [0, 0.1) is 5.92 Å². The summed E-state index contributed by atoms with van der Waals surface area (Å²) in [5.41, 5.74) is 5.56. The molecular weight excluding hydrogens is 240 g/mol. The number of hydrogen-bond acceptors (Lipinski definition) is 4. The zero-order valence-corrected chi connectivity index (χ0v) is 12.2. The van der Waals surface area contributed by atoms with E-state index < -0.39 is 0 Å². The van der Waals surface area contributed by atoms with Crippen molar-refractivity contribution >= 4 is 5.82 Å². The van der Waals surface area contributed by atoms with E-state index in [1.165, 1.54) is 0 Å². The minimum Gasteiger partial charge on any atom is -0.365 e. The van der Waals surface area contributed by atoms with Crippen LogP contribution in [0.3, 0.4) is 0 Å². The third-order valence-corrected chi connectivity index (χ3v) is 3.25. The summed E-state index contributed by atoms with van der Waals surface area (Å²) in [6.07, 6.45) is 6.62. The molecule has 0 aliphatic carbocycles. The number of anilines is 1. The summed E-state index contributed by atoms with van der Waals surface area (Å²) in [7, 11) is 0. The highest BCUT2D eigenvalue weighted by molar-refractivity contribution is 5.30. The first-order chi connectivity index (χ1) is 9.10. The van der Waals surface area contributed by atoms with Crippen molar-refractivity contribution in [3.05, 3.63) is 22.7 Å². The van der Waals surface area contributed by atoms with Crippen LogP contribution in [0.2, 0.25) is 0 Å². The predicted octanol–water partition coefficient (Wildman–Crippen LogP) is 2.00. The van der Waals surface area contributed by atoms with Gasteiger partial charge in [-0.15, -0.1) is 0 Å². The number of aromatic nitrogens is 2. The Labute approximate surface area is 115 Å². The zero-order chi connectivity index (χ0) is 14.3. The zero-order valence-electron chi connectivity index (χ0n) is 12.2. The van der Waals surface area contributed by atoms with Crippen molar-refractivity contribution in [1.29, 1.82) is 0 Å². The van der Waals surface area contributed by atoms with E-state index in [-0.39, 0.29) is 11.6 Å². The van der Waals surface area contributed by atoms with Crippen molar-refractivity contribution in [2.75, 3.05) is 18.4 Å². The van der Waals surface area contributed by atoms with Crippen molar-refractivity contribution in [2.45, 2.75) is 46.1 Å². The molecular formula is C14H26N4O. The van der Waals surface area contributed by atoms with Crippen LogP contribution in [-0.2, 0) is 0 Å². The minimum atomic E-state index is -0.0551. The largest absolute Gasteiger partial charge is 0.365 e. The second kappa shape index (κ2) is 7.94. The van der Waals surface area contributed by atoms with Gasteiger partial charge >= 0.3 is 0 Å². The van der Waals surface area contributed by atoms with E-state index in [1.54, 1.807) is 17.0 Å². The van der Waals surface area contributed by atoms with Gasteiger partial charge in [0.1, 0.15) is 0 Å². The van der Waals surface area contributed by atoms with E-state index in [2.05, 4.69) is 17.2 Å². The molecule has 19 heavy (non-hydrogen) atoms. The first kappa shape index (κ1) is 15.7. The molecule has 5 heteroatoms. The maximum Gasteiger partial charge on any atom is 0.293 e. The Bertz CT molecular complexity index is 422. The lowest BCUT2D eigenvalue weighted by Gasteiger charge is -2.17. The Balaban J connectivity index is 2.71. The van der Waals surface area contributed by atoms with Crippen molar-refractivity contribution in [2.24, 2.45) is 11.7 Å². The van der Waals surface area contributed by atoms with Gasteiger partial charge < -0.3 is 15.6 Å². The molecule has 1 aromatic rings. The third kappa shape index (κ3) is 4.67. The van der Waals surface area contributed by atoms with Gasteiger partial charge in [0.2, 0.25) is 0 Å². The Hall–Kier alpha value is -1.36. The van der Waals surface area contributed by atoms with Crippen LogP contribution in [0.15, 0.2) is 17.2 Å². The second-order valence-corrected chi connectivity index (χ2v) is 5.19. The standard InChI is InChI=1S/C14H26N4O/c1-4-5-12(6-7-15)10-17-13-14(19)18(11(2)3)9-8-16-13/h8-9,11-12H,4-7,10,15H2,1-3H3,(H,16,17). The normalized spacial score (nSPS) is 12.7. The molecule has 0 radical (unpaired) electrons. The van der Waals surface area contributed by atoms with Gasteiger partial charge in [0.05, 0.1) is 0 Å². The SMILES string of the molecule is CCCC(CCN)CNc1nccn(C(C)C)c1=O. The third-order valence-electron chi connectivity index (χ3n) is 3.25. The Morgan fingerprint density at radius 2 is 2.16 bits per heavy atom. The van der Waals surface area contributed by atoms with Crippen LogP contribution < -0.4 is 16.6 Å². The highest BCUT2D eigenvalue weighted by atomic mass is 16.1. The molecule has 0 fully saturated rings. The van der Waals surface area contributed by atoms with Crippen molar-refractivity contribution in [3.8, 4) is 0 Å². The molecule has 0 aliphatic heterocycles. The molecule has 0 aliphatic rings. The molecule has 0 saturated carbocycles. The molecule has 1 aromatic heterocycles. The lowest BCUT2D eigenvalue weighted by atomic mass is 10.00. The quantitative estimate of drug-likeness (QED) is 0.755. The summed E-state index contributed by atoms with van der Waals surface area (Å²) >= 11 is 0. The molecule has 3 N–H and O–H groups in total. The molecule has 0 saturated heterocycles. The number of nitrogens with zero attached hydrogens (tertiary/aromatic N) is 2. The number of rotatable bonds is 8. The van der Waals surface area contributed by atoms with Crippen LogP contribution in [0.25, 0.3) is 0 Å². The minimum absolute atomic E-state index is 0.0551. The molecule has 5 nitrogen and oxygen atoms in total. The second-order valence-electron chi connectivity index (χ2n) is 5.19. The fourth-order valence-corrected chi connectivity index (χ4v) is 2.19. The van der Waals surface area contributed by atoms with E-state index in [0.29, 0.717) is 18.3 Å². The lowest BCUT2D eigenvalue weighted by molar-refractivity contribution is 0.472. The molecule has 108 valence electrons. The Morgan fingerprint density at radius 1 is 1.42 bits per heavy atom. The molecule has 0 aromatic carbocycles. The number of hydrogen-bond donors (Lipinski definition) is 2. The molecule has 1 unspecified atom stereocenters. The van der Waals surface area contributed by atoms with Gasteiger partial charge in [-0.05, 0) is 39.2 Å². The van der Waals surface area contributed by atoms with Gasteiger partial charge in [-0.2, -0.15) is 0 Å². The molecule has 1 atom stereocenters. The average Bonchev–Trinajstić information content (AvgIpc) is 2.37. The molecule has 1 rings (SSSR count). The summed E-state index contributed by atoms with van der Waals surface area (Å²) in [4.78, 5) is 16.3. The van der Waals surface area contributed by atoms with Gasteiger partial charge in [0, 0.05) is 25.0 Å². The van der Waals surface area contributed by atoms with Crippen LogP contribution in [0.5, 0.6) is 0 Å². The topological polar surface area (TPSA) is 72.9 Å². The number of nitrogens with two attached hydrogens (primary N) is 1. The summed E-state index contributed by atoms with van der Waals surface area (Å²) in [5, 5.41) is 3.18. The summed E-state index contributed by atoms with van der Waals surface area (Å²) in [5.74, 6) is 0.943. The van der Waals surface area contributed by atoms with Gasteiger partial charge in [-0.1, -0.05) is 13.3 Å². The van der Waals surface area contributed by atoms with Gasteiger partial charge in [-0.3, -0.25) is 4.79 Å². The van der Waals surface area contributed by atoms with Crippen LogP contribution in [0.1, 0.15) is 46.1 Å². The lowest BCUT2D eigenvalue weighted by Crippen LogP contribution is -2.28. The van der Waals surface area contributed by atoms with Gasteiger partial charge in [-0.25, -0.2) is 4.98 Å². The van der Waals surface area contributed by atoms with E-state index >= 15 is 0 Å². The van der Waals surface area contributed by atoms with Crippen LogP contribution >= 0.6 is 0 Å². The highest BCUT2D eigenvalue weighted by Crippen LogP contribution is 2.11. The fraction of sp³-hybridized carbons (Fsp3) is 0.714. The monoisotopic (exact) mass is 266 g/mol. The smallest absolute Gasteiger partial charge is 0.293 e. The van der Waals surface area contributed by atoms with E-state index in [9.17, 15) is 4.79 Å². The van der Waals surface area contributed by atoms with E-state index in [4.69, 9.17) is 5.73 Å². The van der Waals surface area contributed by atoms with Crippen molar-refractivity contribution < 1.29 is 0 Å². The highest BCUT2D eigenvalue weighted by Gasteiger charge is 2.10. The predicted molar refractivity (Wildman–Crippen MR) is 79.4 cm³/mol. The maximum atomic E-state index is 12.2. The maximum absolute atomic E-state index is 12.2. The van der Waals surface area contributed by atoms with E-state index in [0.717, 1.165) is 25.8 Å². The Kier molecular flexibility index (Phi) is 6.56. The molecule has 1 heterocycles. The molecule has 0 bridgehead atoms. The fourth-order valence-electron chi connectivity index (χ4n) is 2.19. The Morgan fingerprint density at radius 3 is 2.74 bits per heavy atom. The van der Waals surface area contributed by atoms with Crippen LogP contribution in [0.4, 0.5) is 5.82 Å². The first-order valence-corrected chi connectivity index (χ1v) is 7.11. The summed E-state index contributed by atoms with van der Waals surface area (Å²) in [6, 6.07) is 0.145.